The highest BCUT2D eigenvalue weighted by Crippen LogP contribution is 2.31. The first-order valence-corrected chi connectivity index (χ1v) is 11.8. The number of carbonyl (C=O) groups is 1. The minimum Gasteiger partial charge on any atom is -0.352 e. The zero-order valence-electron chi connectivity index (χ0n) is 15.5. The van der Waals surface area contributed by atoms with E-state index in [9.17, 15) is 13.2 Å². The van der Waals surface area contributed by atoms with Gasteiger partial charge in [0.2, 0.25) is 15.9 Å². The number of rotatable bonds is 6. The summed E-state index contributed by atoms with van der Waals surface area (Å²) in [5, 5.41) is 3.65. The third kappa shape index (κ3) is 4.61. The Balaban J connectivity index is 1.78. The third-order valence-electron chi connectivity index (χ3n) is 5.69. The fourth-order valence-electron chi connectivity index (χ4n) is 4.29. The molecule has 1 aromatic carbocycles. The molecule has 1 unspecified atom stereocenters. The van der Waals surface area contributed by atoms with Crippen LogP contribution in [0.3, 0.4) is 0 Å². The van der Waals surface area contributed by atoms with E-state index in [4.69, 9.17) is 23.2 Å². The normalized spacial score (nSPS) is 22.9. The summed E-state index contributed by atoms with van der Waals surface area (Å²) in [6, 6.07) is 3.69. The second-order valence-electron chi connectivity index (χ2n) is 7.45. The number of nitrogens with zero attached hydrogens (tertiary/aromatic N) is 1. The van der Waals surface area contributed by atoms with Crippen molar-refractivity contribution < 1.29 is 13.2 Å². The summed E-state index contributed by atoms with van der Waals surface area (Å²) in [6.45, 7) is 2.39. The molecule has 0 aromatic heterocycles. The summed E-state index contributed by atoms with van der Waals surface area (Å²) in [4.78, 5) is 13.0. The molecule has 1 N–H and O–H groups in total. The molecule has 3 rings (SSSR count). The number of amides is 1. The van der Waals surface area contributed by atoms with Crippen molar-refractivity contribution in [2.75, 3.05) is 6.54 Å². The van der Waals surface area contributed by atoms with Gasteiger partial charge >= 0.3 is 0 Å². The van der Waals surface area contributed by atoms with Gasteiger partial charge in [-0.25, -0.2) is 8.42 Å². The van der Waals surface area contributed by atoms with Crippen molar-refractivity contribution in [3.05, 3.63) is 28.2 Å². The minimum atomic E-state index is -3.84. The first-order valence-electron chi connectivity index (χ1n) is 9.61. The highest BCUT2D eigenvalue weighted by atomic mass is 35.5. The molecular formula is C19H26Cl2N2O3S. The van der Waals surface area contributed by atoms with Crippen LogP contribution in [-0.4, -0.2) is 37.3 Å². The number of halogens is 2. The van der Waals surface area contributed by atoms with Crippen LogP contribution in [0.25, 0.3) is 0 Å². The summed E-state index contributed by atoms with van der Waals surface area (Å²) in [7, 11) is -3.84. The van der Waals surface area contributed by atoms with Crippen LogP contribution < -0.4 is 5.32 Å². The molecular weight excluding hydrogens is 407 g/mol. The van der Waals surface area contributed by atoms with Crippen LogP contribution in [0.15, 0.2) is 23.1 Å². The Bertz CT molecular complexity index is 774. The van der Waals surface area contributed by atoms with E-state index in [1.807, 2.05) is 0 Å². The maximum atomic E-state index is 13.1. The third-order valence-corrected chi connectivity index (χ3v) is 8.01. The molecule has 27 heavy (non-hydrogen) atoms. The van der Waals surface area contributed by atoms with E-state index in [2.05, 4.69) is 12.2 Å². The molecule has 150 valence electrons. The Hall–Kier alpha value is -0.820. The molecule has 0 bridgehead atoms. The second-order valence-corrected chi connectivity index (χ2v) is 10.2. The minimum absolute atomic E-state index is 0.0301. The van der Waals surface area contributed by atoms with Gasteiger partial charge < -0.3 is 5.32 Å². The molecule has 1 saturated carbocycles. The second kappa shape index (κ2) is 8.68. The average Bonchev–Trinajstić information content (AvgIpc) is 3.30. The van der Waals surface area contributed by atoms with Crippen LogP contribution in [0.2, 0.25) is 10.0 Å². The molecule has 5 nitrogen and oxygen atoms in total. The van der Waals surface area contributed by atoms with Gasteiger partial charge in [0, 0.05) is 22.6 Å². The number of hydrogen-bond donors (Lipinski definition) is 1. The van der Waals surface area contributed by atoms with Crippen molar-refractivity contribution >= 4 is 39.1 Å². The molecule has 0 radical (unpaired) electrons. The van der Waals surface area contributed by atoms with Crippen LogP contribution in [-0.2, 0) is 14.8 Å². The summed E-state index contributed by atoms with van der Waals surface area (Å²) < 4.78 is 27.5. The smallest absolute Gasteiger partial charge is 0.243 e. The molecule has 1 aliphatic carbocycles. The molecule has 1 saturated heterocycles. The van der Waals surface area contributed by atoms with E-state index >= 15 is 0 Å². The lowest BCUT2D eigenvalue weighted by molar-refractivity contribution is -0.125. The van der Waals surface area contributed by atoms with Gasteiger partial charge in [0.1, 0.15) is 6.04 Å². The maximum Gasteiger partial charge on any atom is 0.243 e. The van der Waals surface area contributed by atoms with E-state index in [0.717, 1.165) is 19.3 Å². The van der Waals surface area contributed by atoms with E-state index in [1.54, 1.807) is 0 Å². The largest absolute Gasteiger partial charge is 0.352 e. The van der Waals surface area contributed by atoms with Gasteiger partial charge in [-0.15, -0.1) is 0 Å². The van der Waals surface area contributed by atoms with Crippen molar-refractivity contribution in [3.63, 3.8) is 0 Å². The first kappa shape index (κ1) is 20.9. The Morgan fingerprint density at radius 1 is 1.15 bits per heavy atom. The van der Waals surface area contributed by atoms with Crippen LogP contribution in [0.1, 0.15) is 51.9 Å². The monoisotopic (exact) mass is 432 g/mol. The Morgan fingerprint density at radius 3 is 2.37 bits per heavy atom. The van der Waals surface area contributed by atoms with E-state index < -0.39 is 16.1 Å². The lowest BCUT2D eigenvalue weighted by Gasteiger charge is -2.28. The maximum absolute atomic E-state index is 13.1. The molecule has 1 aliphatic heterocycles. The van der Waals surface area contributed by atoms with E-state index in [1.165, 1.54) is 35.3 Å². The van der Waals surface area contributed by atoms with Gasteiger partial charge in [0.25, 0.3) is 0 Å². The fourth-order valence-corrected chi connectivity index (χ4v) is 6.68. The number of hydrogen-bond acceptors (Lipinski definition) is 3. The number of carbonyl (C=O) groups excluding carboxylic acids is 1. The molecule has 1 aromatic rings. The summed E-state index contributed by atoms with van der Waals surface area (Å²) in [5.74, 6) is 0.306. The van der Waals surface area contributed by atoms with Crippen LogP contribution in [0.4, 0.5) is 0 Å². The number of nitrogens with one attached hydrogen (secondary N) is 1. The van der Waals surface area contributed by atoms with Crippen molar-refractivity contribution in [1.29, 1.82) is 0 Å². The zero-order valence-corrected chi connectivity index (χ0v) is 17.8. The predicted octanol–water partition coefficient (Wildman–Crippen LogP) is 4.23. The predicted molar refractivity (Wildman–Crippen MR) is 108 cm³/mol. The highest BCUT2D eigenvalue weighted by Gasteiger charge is 2.40. The Morgan fingerprint density at radius 2 is 1.78 bits per heavy atom. The summed E-state index contributed by atoms with van der Waals surface area (Å²) in [6.07, 6.45) is 6.72. The Labute approximate surface area is 171 Å². The van der Waals surface area contributed by atoms with Gasteiger partial charge in [-0.2, -0.15) is 4.31 Å². The van der Waals surface area contributed by atoms with Crippen LogP contribution in [0.5, 0.6) is 0 Å². The van der Waals surface area contributed by atoms with Crippen molar-refractivity contribution in [2.45, 2.75) is 68.8 Å². The molecule has 2 fully saturated rings. The topological polar surface area (TPSA) is 66.5 Å². The SMILES string of the molecule is CCC(NC(=O)[C@@H]1CCCN1S(=O)(=O)c1cc(Cl)cc(Cl)c1)C1CCCC1. The summed E-state index contributed by atoms with van der Waals surface area (Å²) in [5.41, 5.74) is 0. The molecule has 0 spiro atoms. The number of sulfonamides is 1. The van der Waals surface area contributed by atoms with E-state index in [0.29, 0.717) is 25.3 Å². The molecule has 2 atom stereocenters. The standard InChI is InChI=1S/C19H26Cl2N2O3S/c1-2-17(13-6-3-4-7-13)22-19(24)18-8-5-9-23(18)27(25,26)16-11-14(20)10-15(21)12-16/h10-13,17-18H,2-9H2,1H3,(H,22,24)/t17?,18-/m0/s1. The van der Waals surface area contributed by atoms with Gasteiger partial charge in [-0.3, -0.25) is 4.79 Å². The van der Waals surface area contributed by atoms with Crippen LogP contribution >= 0.6 is 23.2 Å². The van der Waals surface area contributed by atoms with Gasteiger partial charge in [-0.1, -0.05) is 43.0 Å². The Kier molecular flexibility index (Phi) is 6.72. The molecule has 1 amide bonds. The van der Waals surface area contributed by atoms with E-state index in [-0.39, 0.29) is 26.9 Å². The van der Waals surface area contributed by atoms with Gasteiger partial charge in [0.05, 0.1) is 4.90 Å². The fraction of sp³-hybridized carbons (Fsp3) is 0.632. The van der Waals surface area contributed by atoms with Gasteiger partial charge in [0.15, 0.2) is 0 Å². The lowest BCUT2D eigenvalue weighted by Crippen LogP contribution is -2.50. The quantitative estimate of drug-likeness (QED) is 0.730. The highest BCUT2D eigenvalue weighted by molar-refractivity contribution is 7.89. The average molecular weight is 433 g/mol. The molecule has 8 heteroatoms. The van der Waals surface area contributed by atoms with Gasteiger partial charge in [-0.05, 0) is 56.2 Å². The zero-order chi connectivity index (χ0) is 19.6. The first-order chi connectivity index (χ1) is 12.8. The van der Waals surface area contributed by atoms with Crippen LogP contribution in [0, 0.1) is 5.92 Å². The lowest BCUT2D eigenvalue weighted by atomic mass is 9.95. The van der Waals surface area contributed by atoms with Crippen molar-refractivity contribution in [1.82, 2.24) is 9.62 Å². The molecule has 2 aliphatic rings. The molecule has 1 heterocycles. The van der Waals surface area contributed by atoms with Crippen molar-refractivity contribution in [3.8, 4) is 0 Å². The van der Waals surface area contributed by atoms with Crippen molar-refractivity contribution in [2.24, 2.45) is 5.92 Å². The number of benzene rings is 1. The summed E-state index contributed by atoms with van der Waals surface area (Å²) >= 11 is 12.0.